The number of amides is 2. The van der Waals surface area contributed by atoms with Gasteiger partial charge in [0.15, 0.2) is 6.10 Å². The molecule has 0 aliphatic rings. The van der Waals surface area contributed by atoms with Crippen molar-refractivity contribution in [2.75, 3.05) is 5.32 Å². The molecule has 0 aliphatic carbocycles. The van der Waals surface area contributed by atoms with E-state index >= 15 is 0 Å². The smallest absolute Gasteiger partial charge is 0.319 e. The molecule has 2 N–H and O–H groups in total. The number of hydrogen-bond donors (Lipinski definition) is 2. The summed E-state index contributed by atoms with van der Waals surface area (Å²) < 4.78 is 6.46. The molecule has 0 aromatic heterocycles. The minimum atomic E-state index is -0.505. The summed E-state index contributed by atoms with van der Waals surface area (Å²) in [6.45, 7) is 7.70. The van der Waals surface area contributed by atoms with Gasteiger partial charge in [-0.1, -0.05) is 59.1 Å². The third-order valence-corrected chi connectivity index (χ3v) is 5.41. The van der Waals surface area contributed by atoms with E-state index in [-0.39, 0.29) is 11.6 Å². The van der Waals surface area contributed by atoms with E-state index in [9.17, 15) is 4.79 Å². The maximum absolute atomic E-state index is 12.3. The van der Waals surface area contributed by atoms with Crippen molar-refractivity contribution in [3.8, 4) is 5.75 Å². The van der Waals surface area contributed by atoms with Crippen LogP contribution < -0.4 is 15.4 Å². The Morgan fingerprint density at radius 3 is 2.19 bits per heavy atom. The number of rotatable bonds is 5. The van der Waals surface area contributed by atoms with Gasteiger partial charge in [-0.05, 0) is 69.2 Å². The van der Waals surface area contributed by atoms with Crippen LogP contribution in [0.4, 0.5) is 10.5 Å². The number of anilines is 1. The van der Waals surface area contributed by atoms with Crippen molar-refractivity contribution in [3.63, 3.8) is 0 Å². The zero-order valence-corrected chi connectivity index (χ0v) is 20.6. The highest BCUT2D eigenvalue weighted by Gasteiger charge is 2.21. The van der Waals surface area contributed by atoms with Crippen LogP contribution in [0, 0.1) is 6.92 Å². The van der Waals surface area contributed by atoms with E-state index in [0.717, 1.165) is 16.7 Å². The molecular formula is C25H25Cl3N2O2. The predicted molar refractivity (Wildman–Crippen MR) is 133 cm³/mol. The van der Waals surface area contributed by atoms with E-state index < -0.39 is 6.10 Å². The van der Waals surface area contributed by atoms with Crippen molar-refractivity contribution in [2.24, 2.45) is 0 Å². The van der Waals surface area contributed by atoms with Crippen LogP contribution in [-0.2, 0) is 0 Å². The van der Waals surface area contributed by atoms with Gasteiger partial charge in [0.05, 0.1) is 0 Å². The number of urea groups is 1. The fourth-order valence-electron chi connectivity index (χ4n) is 3.10. The molecule has 0 radical (unpaired) electrons. The summed E-state index contributed by atoms with van der Waals surface area (Å²) in [6, 6.07) is 17.9. The second-order valence-electron chi connectivity index (χ2n) is 8.52. The largest absolute Gasteiger partial charge is 0.481 e. The van der Waals surface area contributed by atoms with Crippen molar-refractivity contribution >= 4 is 46.5 Å². The monoisotopic (exact) mass is 490 g/mol. The minimum Gasteiger partial charge on any atom is -0.481 e. The molecule has 168 valence electrons. The van der Waals surface area contributed by atoms with Gasteiger partial charge in [-0.25, -0.2) is 4.79 Å². The van der Waals surface area contributed by atoms with Crippen LogP contribution in [0.15, 0.2) is 60.7 Å². The fourth-order valence-corrected chi connectivity index (χ4v) is 3.73. The molecule has 0 saturated carbocycles. The van der Waals surface area contributed by atoms with E-state index in [1.165, 1.54) is 0 Å². The number of carbonyl (C=O) groups excluding carboxylic acids is 1. The lowest BCUT2D eigenvalue weighted by atomic mass is 10.0. The van der Waals surface area contributed by atoms with Crippen molar-refractivity contribution < 1.29 is 9.53 Å². The van der Waals surface area contributed by atoms with Gasteiger partial charge in [0.1, 0.15) is 5.75 Å². The zero-order chi connectivity index (χ0) is 23.5. The van der Waals surface area contributed by atoms with Gasteiger partial charge in [0.2, 0.25) is 0 Å². The second kappa shape index (κ2) is 10.0. The zero-order valence-electron chi connectivity index (χ0n) is 18.3. The molecule has 4 nitrogen and oxygen atoms in total. The normalized spacial score (nSPS) is 12.2. The van der Waals surface area contributed by atoms with E-state index in [0.29, 0.717) is 26.5 Å². The quantitative estimate of drug-likeness (QED) is 0.379. The third kappa shape index (κ3) is 6.55. The van der Waals surface area contributed by atoms with Gasteiger partial charge in [-0.3, -0.25) is 0 Å². The highest BCUT2D eigenvalue weighted by atomic mass is 35.5. The van der Waals surface area contributed by atoms with Crippen LogP contribution in [-0.4, -0.2) is 11.6 Å². The van der Waals surface area contributed by atoms with Crippen LogP contribution in [0.1, 0.15) is 43.6 Å². The average molecular weight is 492 g/mol. The summed E-state index contributed by atoms with van der Waals surface area (Å²) in [5.41, 5.74) is 2.82. The van der Waals surface area contributed by atoms with Crippen molar-refractivity contribution in [1.82, 2.24) is 5.32 Å². The van der Waals surface area contributed by atoms with E-state index in [2.05, 4.69) is 10.6 Å². The van der Waals surface area contributed by atoms with Crippen molar-refractivity contribution in [2.45, 2.75) is 39.3 Å². The maximum Gasteiger partial charge on any atom is 0.319 e. The lowest BCUT2D eigenvalue weighted by Gasteiger charge is -2.24. The summed E-state index contributed by atoms with van der Waals surface area (Å²) in [7, 11) is 0. The SMILES string of the molecule is Cc1ccc(NC(=O)NC(C)(C)C)cc1OC(c1ccc(Cl)cc1)c1ccc(Cl)cc1Cl. The van der Waals surface area contributed by atoms with Gasteiger partial charge >= 0.3 is 6.03 Å². The van der Waals surface area contributed by atoms with Crippen LogP contribution in [0.2, 0.25) is 15.1 Å². The lowest BCUT2D eigenvalue weighted by Crippen LogP contribution is -2.43. The minimum absolute atomic E-state index is 0.290. The Morgan fingerprint density at radius 1 is 0.906 bits per heavy atom. The van der Waals surface area contributed by atoms with E-state index in [4.69, 9.17) is 39.5 Å². The molecular weight excluding hydrogens is 467 g/mol. The average Bonchev–Trinajstić information content (AvgIpc) is 2.68. The molecule has 3 rings (SSSR count). The highest BCUT2D eigenvalue weighted by Crippen LogP contribution is 2.36. The van der Waals surface area contributed by atoms with Crippen LogP contribution in [0.3, 0.4) is 0 Å². The van der Waals surface area contributed by atoms with Gasteiger partial charge in [0.25, 0.3) is 0 Å². The summed E-state index contributed by atoms with van der Waals surface area (Å²) >= 11 is 18.7. The number of halogens is 3. The van der Waals surface area contributed by atoms with Gasteiger partial charge < -0.3 is 15.4 Å². The number of benzene rings is 3. The third-order valence-electron chi connectivity index (χ3n) is 4.60. The summed E-state index contributed by atoms with van der Waals surface area (Å²) in [6.07, 6.45) is -0.505. The molecule has 32 heavy (non-hydrogen) atoms. The molecule has 0 heterocycles. The highest BCUT2D eigenvalue weighted by molar-refractivity contribution is 6.35. The molecule has 1 atom stereocenters. The number of carbonyl (C=O) groups is 1. The first-order valence-corrected chi connectivity index (χ1v) is 11.2. The predicted octanol–water partition coefficient (Wildman–Crippen LogP) is 8.04. The Balaban J connectivity index is 1.95. The van der Waals surface area contributed by atoms with E-state index in [1.54, 1.807) is 30.3 Å². The van der Waals surface area contributed by atoms with Gasteiger partial charge in [0, 0.05) is 37.9 Å². The van der Waals surface area contributed by atoms with Crippen molar-refractivity contribution in [1.29, 1.82) is 0 Å². The molecule has 0 aliphatic heterocycles. The maximum atomic E-state index is 12.3. The number of ether oxygens (including phenoxy) is 1. The molecule has 3 aromatic rings. The van der Waals surface area contributed by atoms with Gasteiger partial charge in [-0.15, -0.1) is 0 Å². The van der Waals surface area contributed by atoms with Gasteiger partial charge in [-0.2, -0.15) is 0 Å². The van der Waals surface area contributed by atoms with E-state index in [1.807, 2.05) is 58.0 Å². The number of hydrogen-bond acceptors (Lipinski definition) is 2. The van der Waals surface area contributed by atoms with Crippen LogP contribution in [0.5, 0.6) is 5.75 Å². The lowest BCUT2D eigenvalue weighted by molar-refractivity contribution is 0.243. The first kappa shape index (κ1) is 24.2. The summed E-state index contributed by atoms with van der Waals surface area (Å²) in [5.74, 6) is 0.615. The Bertz CT molecular complexity index is 1110. The molecule has 2 amide bonds. The Labute approximate surface area is 203 Å². The standard InChI is InChI=1S/C25H25Cl3N2O2/c1-15-5-11-19(29-24(31)30-25(2,3)4)14-22(15)32-23(16-6-8-17(26)9-7-16)20-12-10-18(27)13-21(20)28/h5-14,23H,1-4H3,(H2,29,30,31). The molecule has 0 spiro atoms. The summed E-state index contributed by atoms with van der Waals surface area (Å²) in [5, 5.41) is 7.40. The first-order valence-electron chi connectivity index (χ1n) is 10.1. The first-order chi connectivity index (χ1) is 15.0. The summed E-state index contributed by atoms with van der Waals surface area (Å²) in [4.78, 5) is 12.3. The van der Waals surface area contributed by atoms with Crippen LogP contribution in [0.25, 0.3) is 0 Å². The Hall–Kier alpha value is -2.40. The fraction of sp³-hybridized carbons (Fsp3) is 0.240. The molecule has 0 fully saturated rings. The molecule has 1 unspecified atom stereocenters. The molecule has 0 bridgehead atoms. The molecule has 0 saturated heterocycles. The molecule has 7 heteroatoms. The Morgan fingerprint density at radius 2 is 1.56 bits per heavy atom. The number of aryl methyl sites for hydroxylation is 1. The number of nitrogens with one attached hydrogen (secondary N) is 2. The Kier molecular flexibility index (Phi) is 7.60. The second-order valence-corrected chi connectivity index (χ2v) is 9.80. The topological polar surface area (TPSA) is 50.4 Å². The van der Waals surface area contributed by atoms with Crippen molar-refractivity contribution in [3.05, 3.63) is 92.4 Å². The molecule has 3 aromatic carbocycles. The van der Waals surface area contributed by atoms with Crippen LogP contribution >= 0.6 is 34.8 Å².